The Bertz CT molecular complexity index is 956. The number of methoxy groups -OCH3 is 2. The molecule has 2 aromatic rings. The Hall–Kier alpha value is -2.13. The summed E-state index contributed by atoms with van der Waals surface area (Å²) < 4.78 is 49.9. The predicted molar refractivity (Wildman–Crippen MR) is 105 cm³/mol. The number of halogens is 1. The summed E-state index contributed by atoms with van der Waals surface area (Å²) in [6.07, 6.45) is 4.28. The number of ether oxygens (including phenoxy) is 2. The minimum absolute atomic E-state index is 0.542. The van der Waals surface area contributed by atoms with E-state index in [1.807, 2.05) is 55.5 Å². The van der Waals surface area contributed by atoms with Crippen LogP contribution in [0.25, 0.3) is 5.57 Å². The second-order valence-corrected chi connectivity index (χ2v) is 8.79. The highest BCUT2D eigenvalue weighted by molar-refractivity contribution is 8.16. The lowest BCUT2D eigenvalue weighted by molar-refractivity contribution is -1.91. The van der Waals surface area contributed by atoms with Crippen LogP contribution in [0.5, 0.6) is 11.5 Å². The van der Waals surface area contributed by atoms with Crippen molar-refractivity contribution in [1.82, 2.24) is 0 Å². The number of hydrogen-bond donors (Lipinski definition) is 0. The van der Waals surface area contributed by atoms with Crippen LogP contribution in [0.15, 0.2) is 65.6 Å². The molecule has 1 aliphatic heterocycles. The molecule has 0 aromatic heterocycles. The molecule has 1 aliphatic rings. The Morgan fingerprint density at radius 2 is 1.31 bits per heavy atom. The minimum atomic E-state index is -4.61. The summed E-state index contributed by atoms with van der Waals surface area (Å²) >= 11 is 0. The molecule has 0 N–H and O–H groups in total. The molecule has 0 fully saturated rings. The van der Waals surface area contributed by atoms with Crippen molar-refractivity contribution in [2.24, 2.45) is 0 Å². The van der Waals surface area contributed by atoms with Crippen molar-refractivity contribution in [2.75, 3.05) is 14.2 Å². The molecule has 0 radical (unpaired) electrons. The fourth-order valence-electron chi connectivity index (χ4n) is 2.95. The number of hydrogen-bond acceptors (Lipinski definition) is 6. The molecule has 6 nitrogen and oxygen atoms in total. The van der Waals surface area contributed by atoms with Crippen molar-refractivity contribution >= 4 is 21.2 Å². The molecule has 29 heavy (non-hydrogen) atoms. The summed E-state index contributed by atoms with van der Waals surface area (Å²) in [5.74, 6) is 1.37. The van der Waals surface area contributed by atoms with Crippen molar-refractivity contribution in [2.45, 2.75) is 13.3 Å². The van der Waals surface area contributed by atoms with E-state index in [-0.39, 0.29) is 0 Å². The Kier molecular flexibility index (Phi) is 6.79. The Morgan fingerprint density at radius 1 is 0.793 bits per heavy atom. The predicted octanol–water partition coefficient (Wildman–Crippen LogP) is 1.71. The molecule has 3 rings (SSSR count). The van der Waals surface area contributed by atoms with Crippen LogP contribution in [-0.4, -0.2) is 19.1 Å². The van der Waals surface area contributed by atoms with E-state index in [1.54, 1.807) is 26.4 Å². The Balaban J connectivity index is 2.21. The third kappa shape index (κ3) is 5.08. The van der Waals surface area contributed by atoms with Gasteiger partial charge in [-0.05, 0) is 53.5 Å². The maximum absolute atomic E-state index is 11.5. The molecule has 0 saturated carbocycles. The first-order valence-corrected chi connectivity index (χ1v) is 11.2. The van der Waals surface area contributed by atoms with Crippen molar-refractivity contribution in [3.8, 4) is 11.5 Å². The highest BCUT2D eigenvalue weighted by Gasteiger charge is 2.32. The fourth-order valence-corrected chi connectivity index (χ4v) is 5.59. The molecule has 0 aliphatic carbocycles. The third-order valence-electron chi connectivity index (χ3n) is 4.35. The van der Waals surface area contributed by atoms with Crippen LogP contribution in [0.1, 0.15) is 24.5 Å². The largest absolute Gasteiger partial charge is 0.497 e. The van der Waals surface area contributed by atoms with Gasteiger partial charge in [0, 0.05) is 4.91 Å². The van der Waals surface area contributed by atoms with E-state index in [4.69, 9.17) is 13.2 Å². The van der Waals surface area contributed by atoms with Gasteiger partial charge in [-0.25, -0.2) is 0 Å². The maximum Gasteiger partial charge on any atom is 0.144 e. The van der Waals surface area contributed by atoms with Crippen LogP contribution in [0.4, 0.5) is 0 Å². The van der Waals surface area contributed by atoms with Crippen molar-refractivity contribution < 1.29 is 37.4 Å². The number of rotatable bonds is 7. The second-order valence-electron chi connectivity index (χ2n) is 6.06. The van der Waals surface area contributed by atoms with Crippen LogP contribution in [-0.2, 0) is 3.74 Å². The topological polar surface area (TPSA) is 96.9 Å². The summed E-state index contributed by atoms with van der Waals surface area (Å²) in [7, 11) is -2.81. The molecule has 0 amide bonds. The van der Waals surface area contributed by atoms with Crippen molar-refractivity contribution in [1.29, 1.82) is 0 Å². The van der Waals surface area contributed by atoms with E-state index in [0.717, 1.165) is 21.6 Å². The third-order valence-corrected chi connectivity index (χ3v) is 7.19. The van der Waals surface area contributed by atoms with Crippen LogP contribution >= 0.6 is 10.8 Å². The van der Waals surface area contributed by atoms with Gasteiger partial charge in [0.15, 0.2) is 0 Å². The maximum atomic E-state index is 11.5. The van der Waals surface area contributed by atoms with Crippen molar-refractivity contribution in [3.63, 3.8) is 0 Å². The normalized spacial score (nSPS) is 16.9. The first-order valence-electron chi connectivity index (χ1n) is 8.78. The van der Waals surface area contributed by atoms with Crippen LogP contribution in [0.3, 0.4) is 0 Å². The number of allylic oxidation sites excluding steroid dienone is 4. The van der Waals surface area contributed by atoms with Crippen LogP contribution in [0, 0.1) is 10.2 Å². The second kappa shape index (κ2) is 9.13. The first kappa shape index (κ1) is 21.6. The minimum Gasteiger partial charge on any atom is -0.497 e. The average Bonchev–Trinajstić information content (AvgIpc) is 2.72. The zero-order chi connectivity index (χ0) is 21.0. The first-order chi connectivity index (χ1) is 13.9. The van der Waals surface area contributed by atoms with Gasteiger partial charge in [0.25, 0.3) is 0 Å². The summed E-state index contributed by atoms with van der Waals surface area (Å²) in [4.78, 5) is 1.35. The molecule has 1 heterocycles. The molecule has 1 atom stereocenters. The lowest BCUT2D eigenvalue weighted by Gasteiger charge is -2.23. The van der Waals surface area contributed by atoms with Gasteiger partial charge in [0.2, 0.25) is 0 Å². The van der Waals surface area contributed by atoms with E-state index in [0.29, 0.717) is 22.8 Å². The highest BCUT2D eigenvalue weighted by Crippen LogP contribution is 2.42. The fraction of sp³-hybridized carbons (Fsp3) is 0.190. The summed E-state index contributed by atoms with van der Waals surface area (Å²) in [6, 6.07) is 14.6. The van der Waals surface area contributed by atoms with Gasteiger partial charge in [0.1, 0.15) is 26.0 Å². The van der Waals surface area contributed by atoms with E-state index in [1.165, 1.54) is 0 Å². The smallest absolute Gasteiger partial charge is 0.144 e. The molecule has 0 bridgehead atoms. The van der Waals surface area contributed by atoms with Crippen LogP contribution < -0.4 is 23.5 Å². The highest BCUT2D eigenvalue weighted by atomic mass is 35.7. The van der Waals surface area contributed by atoms with Gasteiger partial charge in [-0.15, -0.1) is 0 Å². The summed E-state index contributed by atoms with van der Waals surface area (Å²) in [5, 5.41) is 0. The molecular weight excluding hydrogens is 416 g/mol. The van der Waals surface area contributed by atoms with Gasteiger partial charge in [-0.2, -0.15) is 14.0 Å². The molecule has 2 aromatic carbocycles. The zero-order valence-electron chi connectivity index (χ0n) is 16.2. The SMILES string of the molecule is CCC1=CC=C(c2ccc(OC)cc2)C(c2ccc(OC)cc2)=S1O[Cl+3]([O-])([O-])[O-]. The monoisotopic (exact) mass is 436 g/mol. The van der Waals surface area contributed by atoms with Gasteiger partial charge in [-0.1, -0.05) is 37.3 Å². The molecule has 154 valence electrons. The van der Waals surface area contributed by atoms with E-state index >= 15 is 0 Å². The molecule has 0 saturated heterocycles. The standard InChI is InChI=1S/C21H21ClO6S/c1-4-19-13-14-20(15-5-9-17(26-2)10-6-15)21(29(19)28-22(23,24)25)16-7-11-18(27-3)12-8-16/h5-14H,4H2,1-3H3. The van der Waals surface area contributed by atoms with Gasteiger partial charge in [-0.3, -0.25) is 0 Å². The average molecular weight is 437 g/mol. The van der Waals surface area contributed by atoms with Gasteiger partial charge >= 0.3 is 0 Å². The van der Waals surface area contributed by atoms with E-state index in [2.05, 4.69) is 0 Å². The Morgan fingerprint density at radius 3 is 1.76 bits per heavy atom. The Labute approximate surface area is 174 Å². The molecule has 1 unspecified atom stereocenters. The summed E-state index contributed by atoms with van der Waals surface area (Å²) in [6.45, 7) is 1.89. The molecule has 8 heteroatoms. The molecule has 0 spiro atoms. The van der Waals surface area contributed by atoms with Gasteiger partial charge < -0.3 is 9.47 Å². The van der Waals surface area contributed by atoms with E-state index < -0.39 is 21.0 Å². The lowest BCUT2D eigenvalue weighted by atomic mass is 9.97. The number of benzene rings is 2. The van der Waals surface area contributed by atoms with Crippen LogP contribution in [0.2, 0.25) is 0 Å². The quantitative estimate of drug-likeness (QED) is 0.613. The summed E-state index contributed by atoms with van der Waals surface area (Å²) in [5.41, 5.74) is 2.37. The van der Waals surface area contributed by atoms with E-state index in [9.17, 15) is 14.0 Å². The molecular formula is C21H21ClO6S. The van der Waals surface area contributed by atoms with Crippen molar-refractivity contribution in [3.05, 3.63) is 76.7 Å². The lowest BCUT2D eigenvalue weighted by Crippen LogP contribution is -2.60. The van der Waals surface area contributed by atoms with Gasteiger partial charge in [0.05, 0.1) is 29.3 Å². The zero-order valence-corrected chi connectivity index (χ0v) is 17.8.